The maximum Gasteiger partial charge on any atom is 0.123 e. The molecule has 0 saturated carbocycles. The Kier molecular flexibility index (Phi) is 2.63. The van der Waals surface area contributed by atoms with Gasteiger partial charge in [-0.1, -0.05) is 42.5 Å². The third kappa shape index (κ3) is 1.87. The van der Waals surface area contributed by atoms with Crippen molar-refractivity contribution >= 4 is 10.8 Å². The first kappa shape index (κ1) is 12.5. The van der Waals surface area contributed by atoms with Gasteiger partial charge < -0.3 is 5.11 Å². The first-order valence-corrected chi connectivity index (χ1v) is 7.17. The number of halogens is 1. The lowest BCUT2D eigenvalue weighted by molar-refractivity contribution is 0.0831. The molecule has 21 heavy (non-hydrogen) atoms. The summed E-state index contributed by atoms with van der Waals surface area (Å²) in [5, 5.41) is 13.4. The highest BCUT2D eigenvalue weighted by Crippen LogP contribution is 2.42. The summed E-state index contributed by atoms with van der Waals surface area (Å²) in [5.41, 5.74) is 1.61. The molecule has 0 bridgehead atoms. The normalized spacial score (nSPS) is 20.7. The van der Waals surface area contributed by atoms with Crippen LogP contribution >= 0.6 is 0 Å². The molecule has 1 aliphatic rings. The van der Waals surface area contributed by atoms with Crippen molar-refractivity contribution < 1.29 is 9.50 Å². The molecule has 3 aromatic carbocycles. The lowest BCUT2D eigenvalue weighted by Gasteiger charge is -2.25. The van der Waals surface area contributed by atoms with Gasteiger partial charge in [-0.2, -0.15) is 0 Å². The molecule has 0 aliphatic heterocycles. The Labute approximate surface area is 122 Å². The third-order valence-corrected chi connectivity index (χ3v) is 4.50. The first-order chi connectivity index (χ1) is 10.2. The molecule has 1 atom stereocenters. The van der Waals surface area contributed by atoms with Crippen LogP contribution < -0.4 is 0 Å². The minimum Gasteiger partial charge on any atom is -0.380 e. The minimum atomic E-state index is -1.01. The van der Waals surface area contributed by atoms with Crippen molar-refractivity contribution in [1.82, 2.24) is 0 Å². The van der Waals surface area contributed by atoms with Gasteiger partial charge >= 0.3 is 0 Å². The van der Waals surface area contributed by atoms with E-state index in [-0.39, 0.29) is 5.82 Å². The highest BCUT2D eigenvalue weighted by Gasteiger charge is 2.38. The average Bonchev–Trinajstić information content (AvgIpc) is 2.84. The van der Waals surface area contributed by atoms with E-state index in [1.54, 1.807) is 6.07 Å². The van der Waals surface area contributed by atoms with Crippen LogP contribution in [0, 0.1) is 5.82 Å². The van der Waals surface area contributed by atoms with Crippen molar-refractivity contribution in [2.24, 2.45) is 0 Å². The highest BCUT2D eigenvalue weighted by molar-refractivity contribution is 5.83. The summed E-state index contributed by atoms with van der Waals surface area (Å²) >= 11 is 0. The highest BCUT2D eigenvalue weighted by atomic mass is 19.1. The van der Waals surface area contributed by atoms with Gasteiger partial charge in [-0.05, 0) is 58.5 Å². The van der Waals surface area contributed by atoms with Crippen LogP contribution in [0.15, 0.2) is 60.7 Å². The lowest BCUT2D eigenvalue weighted by Crippen LogP contribution is -2.23. The molecule has 4 rings (SSSR count). The number of aryl methyl sites for hydroxylation is 1. The minimum absolute atomic E-state index is 0.239. The van der Waals surface area contributed by atoms with Crippen LogP contribution in [0.1, 0.15) is 23.1 Å². The van der Waals surface area contributed by atoms with E-state index in [2.05, 4.69) is 6.07 Å². The molecule has 1 aliphatic carbocycles. The summed E-state index contributed by atoms with van der Waals surface area (Å²) in [7, 11) is 0. The van der Waals surface area contributed by atoms with E-state index in [4.69, 9.17) is 0 Å². The van der Waals surface area contributed by atoms with Gasteiger partial charge in [-0.15, -0.1) is 0 Å². The first-order valence-electron chi connectivity index (χ1n) is 7.17. The fraction of sp³-hybridized carbons (Fsp3) is 0.158. The van der Waals surface area contributed by atoms with Crippen LogP contribution in [0.2, 0.25) is 0 Å². The van der Waals surface area contributed by atoms with E-state index in [0.29, 0.717) is 12.8 Å². The van der Waals surface area contributed by atoms with Gasteiger partial charge in [0.15, 0.2) is 0 Å². The van der Waals surface area contributed by atoms with E-state index >= 15 is 0 Å². The van der Waals surface area contributed by atoms with Crippen LogP contribution in [-0.4, -0.2) is 5.11 Å². The maximum atomic E-state index is 13.3. The van der Waals surface area contributed by atoms with Gasteiger partial charge in [0.25, 0.3) is 0 Å². The summed E-state index contributed by atoms with van der Waals surface area (Å²) in [4.78, 5) is 0. The van der Waals surface area contributed by atoms with Gasteiger partial charge in [-0.25, -0.2) is 4.39 Å². The molecule has 0 radical (unpaired) electrons. The zero-order valence-electron chi connectivity index (χ0n) is 11.5. The molecule has 0 heterocycles. The number of hydrogen-bond acceptors (Lipinski definition) is 1. The number of benzene rings is 3. The number of hydrogen-bond donors (Lipinski definition) is 1. The molecular formula is C19H15FO. The van der Waals surface area contributed by atoms with E-state index in [0.717, 1.165) is 27.5 Å². The average molecular weight is 278 g/mol. The SMILES string of the molecule is OC1(c2ccc3ccccc3c2)CCc2cc(F)ccc21. The molecule has 2 heteroatoms. The second kappa shape index (κ2) is 4.40. The number of aliphatic hydroxyl groups is 1. The molecule has 0 spiro atoms. The topological polar surface area (TPSA) is 20.2 Å². The van der Waals surface area contributed by atoms with Gasteiger partial charge in [0.05, 0.1) is 0 Å². The standard InChI is InChI=1S/C19H15FO/c20-17-7-8-18-15(12-17)9-10-19(18,21)16-6-5-13-3-1-2-4-14(13)11-16/h1-8,11-12,21H,9-10H2. The predicted molar refractivity (Wildman–Crippen MR) is 81.7 cm³/mol. The van der Waals surface area contributed by atoms with Gasteiger partial charge in [0.2, 0.25) is 0 Å². The van der Waals surface area contributed by atoms with Crippen molar-refractivity contribution in [2.45, 2.75) is 18.4 Å². The monoisotopic (exact) mass is 278 g/mol. The van der Waals surface area contributed by atoms with Crippen LogP contribution in [-0.2, 0) is 12.0 Å². The second-order valence-corrected chi connectivity index (χ2v) is 5.72. The summed E-state index contributed by atoms with van der Waals surface area (Å²) in [6.45, 7) is 0. The molecule has 104 valence electrons. The van der Waals surface area contributed by atoms with Crippen LogP contribution in [0.4, 0.5) is 4.39 Å². The Morgan fingerprint density at radius 2 is 1.71 bits per heavy atom. The van der Waals surface area contributed by atoms with Gasteiger partial charge in [0, 0.05) is 0 Å². The van der Waals surface area contributed by atoms with Crippen molar-refractivity contribution in [3.63, 3.8) is 0 Å². The molecule has 1 nitrogen and oxygen atoms in total. The van der Waals surface area contributed by atoms with Crippen molar-refractivity contribution in [2.75, 3.05) is 0 Å². The lowest BCUT2D eigenvalue weighted by atomic mass is 9.87. The van der Waals surface area contributed by atoms with E-state index in [9.17, 15) is 9.50 Å². The van der Waals surface area contributed by atoms with Crippen molar-refractivity contribution in [3.8, 4) is 0 Å². The van der Waals surface area contributed by atoms with Crippen molar-refractivity contribution in [3.05, 3.63) is 83.2 Å². The quantitative estimate of drug-likeness (QED) is 0.708. The second-order valence-electron chi connectivity index (χ2n) is 5.72. The zero-order valence-corrected chi connectivity index (χ0v) is 11.5. The van der Waals surface area contributed by atoms with E-state index < -0.39 is 5.60 Å². The molecular weight excluding hydrogens is 263 g/mol. The molecule has 1 N–H and O–H groups in total. The summed E-state index contributed by atoms with van der Waals surface area (Å²) in [5.74, 6) is -0.239. The Bertz CT molecular complexity index is 840. The Morgan fingerprint density at radius 3 is 2.57 bits per heavy atom. The summed E-state index contributed by atoms with van der Waals surface area (Å²) in [6, 6.07) is 18.8. The van der Waals surface area contributed by atoms with Crippen LogP contribution in [0.5, 0.6) is 0 Å². The van der Waals surface area contributed by atoms with Gasteiger partial charge in [-0.3, -0.25) is 0 Å². The smallest absolute Gasteiger partial charge is 0.123 e. The number of fused-ring (bicyclic) bond motifs is 2. The maximum absolute atomic E-state index is 13.3. The summed E-state index contributed by atoms with van der Waals surface area (Å²) < 4.78 is 13.3. The number of rotatable bonds is 1. The Balaban J connectivity index is 1.89. The molecule has 0 fully saturated rings. The molecule has 0 saturated heterocycles. The van der Waals surface area contributed by atoms with Gasteiger partial charge in [0.1, 0.15) is 11.4 Å². The van der Waals surface area contributed by atoms with Crippen LogP contribution in [0.3, 0.4) is 0 Å². The van der Waals surface area contributed by atoms with Crippen LogP contribution in [0.25, 0.3) is 10.8 Å². The molecule has 0 aromatic heterocycles. The molecule has 0 amide bonds. The molecule has 1 unspecified atom stereocenters. The third-order valence-electron chi connectivity index (χ3n) is 4.50. The fourth-order valence-electron chi connectivity index (χ4n) is 3.37. The largest absolute Gasteiger partial charge is 0.380 e. The van der Waals surface area contributed by atoms with E-state index in [1.165, 1.54) is 12.1 Å². The van der Waals surface area contributed by atoms with Crippen molar-refractivity contribution in [1.29, 1.82) is 0 Å². The zero-order chi connectivity index (χ0) is 14.4. The Hall–Kier alpha value is -2.19. The fourth-order valence-corrected chi connectivity index (χ4v) is 3.37. The summed E-state index contributed by atoms with van der Waals surface area (Å²) in [6.07, 6.45) is 1.31. The molecule has 3 aromatic rings. The van der Waals surface area contributed by atoms with E-state index in [1.807, 2.05) is 36.4 Å². The predicted octanol–water partition coefficient (Wildman–Crippen LogP) is 4.16. The Morgan fingerprint density at radius 1 is 0.905 bits per heavy atom.